The molecular formula is C13H14ClN3. The molecule has 0 aliphatic carbocycles. The van der Waals surface area contributed by atoms with Gasteiger partial charge in [0, 0.05) is 17.8 Å². The average molecular weight is 248 g/mol. The highest BCUT2D eigenvalue weighted by molar-refractivity contribution is 6.30. The van der Waals surface area contributed by atoms with Gasteiger partial charge in [0.1, 0.15) is 0 Å². The second kappa shape index (κ2) is 5.55. The number of nitrogens with two attached hydrogens (primary N) is 1. The topological polar surface area (TPSA) is 50.9 Å². The molecule has 17 heavy (non-hydrogen) atoms. The molecule has 0 unspecified atom stereocenters. The molecule has 3 nitrogen and oxygen atoms in total. The van der Waals surface area contributed by atoms with Crippen molar-refractivity contribution in [1.82, 2.24) is 4.98 Å². The van der Waals surface area contributed by atoms with E-state index in [2.05, 4.69) is 10.3 Å². The van der Waals surface area contributed by atoms with E-state index in [9.17, 15) is 0 Å². The Labute approximate surface area is 106 Å². The number of pyridine rings is 1. The van der Waals surface area contributed by atoms with E-state index in [1.165, 1.54) is 5.56 Å². The molecule has 1 aromatic heterocycles. The minimum absolute atomic E-state index is 0.668. The number of nitrogens with one attached hydrogen (secondary N) is 1. The number of nitrogens with zero attached hydrogens (tertiary/aromatic N) is 1. The molecule has 0 amide bonds. The van der Waals surface area contributed by atoms with Crippen molar-refractivity contribution in [3.05, 3.63) is 53.3 Å². The molecule has 0 saturated heterocycles. The molecule has 0 saturated carbocycles. The van der Waals surface area contributed by atoms with E-state index in [-0.39, 0.29) is 0 Å². The highest BCUT2D eigenvalue weighted by Crippen LogP contribution is 2.11. The second-order valence-corrected chi connectivity index (χ2v) is 4.25. The molecule has 4 heteroatoms. The summed E-state index contributed by atoms with van der Waals surface area (Å²) in [6.45, 7) is 0.840. The van der Waals surface area contributed by atoms with Crippen LogP contribution in [0.15, 0.2) is 42.7 Å². The number of aromatic nitrogens is 1. The van der Waals surface area contributed by atoms with Gasteiger partial charge in [-0.3, -0.25) is 4.98 Å². The zero-order chi connectivity index (χ0) is 12.1. The standard InChI is InChI=1S/C13H14ClN3/c14-11-3-1-10(2-4-11)5-6-17-13-7-12(15)8-16-9-13/h1-4,7-9,17H,5-6,15H2. The SMILES string of the molecule is Nc1cncc(NCCc2ccc(Cl)cc2)c1. The third kappa shape index (κ3) is 3.64. The van der Waals surface area contributed by atoms with Crippen LogP contribution in [0.4, 0.5) is 11.4 Å². The molecule has 2 aromatic rings. The fourth-order valence-corrected chi connectivity index (χ4v) is 1.68. The molecule has 0 aliphatic heterocycles. The van der Waals surface area contributed by atoms with Gasteiger partial charge in [0.15, 0.2) is 0 Å². The van der Waals surface area contributed by atoms with Gasteiger partial charge in [-0.1, -0.05) is 23.7 Å². The maximum absolute atomic E-state index is 5.82. The lowest BCUT2D eigenvalue weighted by atomic mass is 10.1. The number of hydrogen-bond donors (Lipinski definition) is 2. The predicted molar refractivity (Wildman–Crippen MR) is 72.3 cm³/mol. The first-order chi connectivity index (χ1) is 8.24. The van der Waals surface area contributed by atoms with Crippen LogP contribution in [0, 0.1) is 0 Å². The van der Waals surface area contributed by atoms with Crippen LogP contribution in [0.3, 0.4) is 0 Å². The minimum atomic E-state index is 0.668. The predicted octanol–water partition coefficient (Wildman–Crippen LogP) is 2.97. The summed E-state index contributed by atoms with van der Waals surface area (Å²) < 4.78 is 0. The van der Waals surface area contributed by atoms with E-state index in [1.807, 2.05) is 30.3 Å². The average Bonchev–Trinajstić information content (AvgIpc) is 2.32. The van der Waals surface area contributed by atoms with Crippen LogP contribution >= 0.6 is 11.6 Å². The zero-order valence-corrected chi connectivity index (χ0v) is 10.1. The number of benzene rings is 1. The maximum atomic E-state index is 5.82. The fourth-order valence-electron chi connectivity index (χ4n) is 1.56. The Hall–Kier alpha value is -1.74. The van der Waals surface area contributed by atoms with E-state index in [1.54, 1.807) is 12.4 Å². The number of halogens is 1. The van der Waals surface area contributed by atoms with Crippen LogP contribution < -0.4 is 11.1 Å². The van der Waals surface area contributed by atoms with Gasteiger partial charge in [0.2, 0.25) is 0 Å². The van der Waals surface area contributed by atoms with Crippen molar-refractivity contribution in [3.63, 3.8) is 0 Å². The normalized spacial score (nSPS) is 10.2. The van der Waals surface area contributed by atoms with Gasteiger partial charge in [0.25, 0.3) is 0 Å². The Morgan fingerprint density at radius 2 is 1.94 bits per heavy atom. The highest BCUT2D eigenvalue weighted by Gasteiger charge is 1.95. The second-order valence-electron chi connectivity index (χ2n) is 3.81. The molecule has 0 atom stereocenters. The monoisotopic (exact) mass is 247 g/mol. The summed E-state index contributed by atoms with van der Waals surface area (Å²) in [7, 11) is 0. The van der Waals surface area contributed by atoms with Gasteiger partial charge >= 0.3 is 0 Å². The Morgan fingerprint density at radius 1 is 1.18 bits per heavy atom. The molecule has 2 rings (SSSR count). The fraction of sp³-hybridized carbons (Fsp3) is 0.154. The largest absolute Gasteiger partial charge is 0.397 e. The van der Waals surface area contributed by atoms with Crippen LogP contribution in [0.1, 0.15) is 5.56 Å². The van der Waals surface area contributed by atoms with Crippen LogP contribution in [-0.2, 0) is 6.42 Å². The molecule has 0 bridgehead atoms. The number of anilines is 2. The van der Waals surface area contributed by atoms with Gasteiger partial charge in [-0.05, 0) is 30.2 Å². The van der Waals surface area contributed by atoms with Gasteiger partial charge in [0.05, 0.1) is 17.6 Å². The molecule has 0 radical (unpaired) electrons. The van der Waals surface area contributed by atoms with E-state index >= 15 is 0 Å². The first-order valence-electron chi connectivity index (χ1n) is 5.43. The van der Waals surface area contributed by atoms with Gasteiger partial charge in [-0.2, -0.15) is 0 Å². The Balaban J connectivity index is 1.85. The van der Waals surface area contributed by atoms with Crippen LogP contribution in [-0.4, -0.2) is 11.5 Å². The van der Waals surface area contributed by atoms with E-state index in [0.29, 0.717) is 5.69 Å². The zero-order valence-electron chi connectivity index (χ0n) is 9.36. The third-order valence-corrected chi connectivity index (χ3v) is 2.67. The molecule has 0 aliphatic rings. The first kappa shape index (κ1) is 11.7. The Kier molecular flexibility index (Phi) is 3.83. The van der Waals surface area contributed by atoms with Gasteiger partial charge in [-0.25, -0.2) is 0 Å². The molecule has 3 N–H and O–H groups in total. The van der Waals surface area contributed by atoms with Crippen LogP contribution in [0.25, 0.3) is 0 Å². The van der Waals surface area contributed by atoms with Crippen molar-refractivity contribution in [2.75, 3.05) is 17.6 Å². The lowest BCUT2D eigenvalue weighted by molar-refractivity contribution is 1.02. The Morgan fingerprint density at radius 3 is 2.65 bits per heavy atom. The summed E-state index contributed by atoms with van der Waals surface area (Å²) in [4.78, 5) is 4.02. The quantitative estimate of drug-likeness (QED) is 0.873. The Bertz CT molecular complexity index is 482. The smallest absolute Gasteiger partial charge is 0.0547 e. The van der Waals surface area contributed by atoms with E-state index < -0.39 is 0 Å². The lowest BCUT2D eigenvalue weighted by Crippen LogP contribution is -2.05. The van der Waals surface area contributed by atoms with Crippen molar-refractivity contribution in [1.29, 1.82) is 0 Å². The highest BCUT2D eigenvalue weighted by atomic mass is 35.5. The molecule has 0 spiro atoms. The van der Waals surface area contributed by atoms with Crippen molar-refractivity contribution in [3.8, 4) is 0 Å². The van der Waals surface area contributed by atoms with Crippen molar-refractivity contribution >= 4 is 23.0 Å². The molecule has 1 aromatic carbocycles. The van der Waals surface area contributed by atoms with Crippen LogP contribution in [0.2, 0.25) is 5.02 Å². The number of nitrogen functional groups attached to an aromatic ring is 1. The summed E-state index contributed by atoms with van der Waals surface area (Å²) in [5.41, 5.74) is 8.50. The summed E-state index contributed by atoms with van der Waals surface area (Å²) in [6.07, 6.45) is 4.33. The summed E-state index contributed by atoms with van der Waals surface area (Å²) in [6, 6.07) is 9.73. The van der Waals surface area contributed by atoms with Crippen molar-refractivity contribution in [2.24, 2.45) is 0 Å². The minimum Gasteiger partial charge on any atom is -0.397 e. The summed E-state index contributed by atoms with van der Waals surface area (Å²) in [5, 5.41) is 4.04. The summed E-state index contributed by atoms with van der Waals surface area (Å²) in [5.74, 6) is 0. The number of hydrogen-bond acceptors (Lipinski definition) is 3. The van der Waals surface area contributed by atoms with E-state index in [4.69, 9.17) is 17.3 Å². The summed E-state index contributed by atoms with van der Waals surface area (Å²) >= 11 is 5.82. The molecular weight excluding hydrogens is 234 g/mol. The molecule has 88 valence electrons. The first-order valence-corrected chi connectivity index (χ1v) is 5.81. The van der Waals surface area contributed by atoms with Crippen LogP contribution in [0.5, 0.6) is 0 Å². The van der Waals surface area contributed by atoms with Crippen molar-refractivity contribution < 1.29 is 0 Å². The number of rotatable bonds is 4. The van der Waals surface area contributed by atoms with Crippen molar-refractivity contribution in [2.45, 2.75) is 6.42 Å². The maximum Gasteiger partial charge on any atom is 0.0547 e. The third-order valence-electron chi connectivity index (χ3n) is 2.42. The van der Waals surface area contributed by atoms with Gasteiger partial charge in [-0.15, -0.1) is 0 Å². The van der Waals surface area contributed by atoms with E-state index in [0.717, 1.165) is 23.7 Å². The molecule has 0 fully saturated rings. The van der Waals surface area contributed by atoms with Gasteiger partial charge < -0.3 is 11.1 Å². The molecule has 1 heterocycles. The lowest BCUT2D eigenvalue weighted by Gasteiger charge is -2.06.